The minimum absolute atomic E-state index is 0.0772. The molecule has 0 saturated carbocycles. The van der Waals surface area contributed by atoms with Gasteiger partial charge in [-0.05, 0) is 53.3 Å². The van der Waals surface area contributed by atoms with Gasteiger partial charge in [0.2, 0.25) is 5.91 Å². The number of anilines is 1. The molecule has 1 amide bonds. The van der Waals surface area contributed by atoms with Gasteiger partial charge in [-0.1, -0.05) is 28.7 Å². The van der Waals surface area contributed by atoms with Crippen molar-refractivity contribution in [2.75, 3.05) is 12.8 Å². The van der Waals surface area contributed by atoms with Crippen LogP contribution in [-0.4, -0.2) is 27.7 Å². The number of guanidine groups is 1. The average molecular weight is 584 g/mol. The number of hydrogen-bond donors (Lipinski definition) is 2. The summed E-state index contributed by atoms with van der Waals surface area (Å²) in [4.78, 5) is 19.4. The van der Waals surface area contributed by atoms with Gasteiger partial charge in [0.15, 0.2) is 5.96 Å². The summed E-state index contributed by atoms with van der Waals surface area (Å²) in [6.45, 7) is 1.91. The van der Waals surface area contributed by atoms with Crippen LogP contribution in [0.5, 0.6) is 0 Å². The Labute approximate surface area is 175 Å². The molecule has 1 aliphatic heterocycles. The molecule has 2 aromatic rings. The molecule has 5 nitrogen and oxygen atoms in total. The van der Waals surface area contributed by atoms with E-state index in [0.717, 1.165) is 18.9 Å². The molecule has 2 atom stereocenters. The fraction of sp³-hybridized carbons (Fsp3) is 0.250. The molecule has 1 aromatic carbocycles. The average Bonchev–Trinajstić information content (AvgIpc) is 2.96. The van der Waals surface area contributed by atoms with Gasteiger partial charge in [-0.15, -0.1) is 11.3 Å². The van der Waals surface area contributed by atoms with Gasteiger partial charge >= 0.3 is 0 Å². The number of benzene rings is 1. The molecule has 0 fully saturated rings. The number of nitrogens with zero attached hydrogens (tertiary/aromatic N) is 2. The van der Waals surface area contributed by atoms with Crippen molar-refractivity contribution in [2.24, 2.45) is 10.7 Å². The minimum atomic E-state index is -0.747. The van der Waals surface area contributed by atoms with Gasteiger partial charge in [0.1, 0.15) is 15.3 Å². The van der Waals surface area contributed by atoms with Crippen LogP contribution in [0, 0.1) is 8.70 Å². The van der Waals surface area contributed by atoms with Crippen molar-refractivity contribution in [1.29, 1.82) is 0 Å². The fourth-order valence-electron chi connectivity index (χ4n) is 2.60. The lowest BCUT2D eigenvalue weighted by atomic mass is 9.93. The normalized spacial score (nSPS) is 23.7. The van der Waals surface area contributed by atoms with Crippen LogP contribution < -0.4 is 11.5 Å². The predicted octanol–water partition coefficient (Wildman–Crippen LogP) is 3.55. The largest absolute Gasteiger partial charge is 0.396 e. The SMILES string of the molecule is CN1C(=O)C(I)[C@@](C)(c2cc(-c3ccc(F)c(N)c3)c(I)s2)N=C1N. The number of thiophene rings is 1. The molecule has 0 aliphatic carbocycles. The highest BCUT2D eigenvalue weighted by molar-refractivity contribution is 14.1. The summed E-state index contributed by atoms with van der Waals surface area (Å²) in [5.74, 6) is -0.310. The molecule has 1 aromatic heterocycles. The molecule has 1 aliphatic rings. The van der Waals surface area contributed by atoms with Crippen LogP contribution in [0.15, 0.2) is 29.3 Å². The van der Waals surface area contributed by atoms with Gasteiger partial charge in [-0.2, -0.15) is 0 Å². The van der Waals surface area contributed by atoms with E-state index in [1.54, 1.807) is 30.5 Å². The Bertz CT molecular complexity index is 900. The van der Waals surface area contributed by atoms with Crippen LogP contribution in [0.1, 0.15) is 11.8 Å². The predicted molar refractivity (Wildman–Crippen MR) is 116 cm³/mol. The summed E-state index contributed by atoms with van der Waals surface area (Å²) in [6.07, 6.45) is 0. The molecule has 0 radical (unpaired) electrons. The number of alkyl halides is 1. The Balaban J connectivity index is 2.10. The highest BCUT2D eigenvalue weighted by atomic mass is 127. The van der Waals surface area contributed by atoms with Crippen LogP contribution >= 0.6 is 56.5 Å². The Morgan fingerprint density at radius 1 is 1.36 bits per heavy atom. The van der Waals surface area contributed by atoms with Gasteiger partial charge in [-0.3, -0.25) is 9.69 Å². The first-order chi connectivity index (χ1) is 11.6. The molecule has 9 heteroatoms. The highest BCUT2D eigenvalue weighted by Crippen LogP contribution is 2.44. The van der Waals surface area contributed by atoms with E-state index in [0.29, 0.717) is 0 Å². The van der Waals surface area contributed by atoms with E-state index in [9.17, 15) is 9.18 Å². The molecular formula is C16H15FI2N4OS. The number of amides is 1. The standard InChI is InChI=1S/C16H15FI2N4OS/c1-16(12(18)14(24)23(2)15(21)22-16)11-6-8(13(19)25-11)7-3-4-9(17)10(20)5-7/h3-6,12H,20H2,1-2H3,(H2,21,22)/t12?,16-/m1/s1. The second-order valence-electron chi connectivity index (χ2n) is 5.91. The quantitative estimate of drug-likeness (QED) is 0.322. The monoisotopic (exact) mass is 584 g/mol. The smallest absolute Gasteiger partial charge is 0.244 e. The van der Waals surface area contributed by atoms with Crippen LogP contribution in [-0.2, 0) is 10.3 Å². The molecule has 4 N–H and O–H groups in total. The summed E-state index contributed by atoms with van der Waals surface area (Å²) >= 11 is 5.90. The first-order valence-corrected chi connectivity index (χ1v) is 10.4. The summed E-state index contributed by atoms with van der Waals surface area (Å²) in [5.41, 5.74) is 12.8. The number of rotatable bonds is 2. The molecule has 3 rings (SSSR count). The van der Waals surface area contributed by atoms with E-state index in [4.69, 9.17) is 11.5 Å². The number of hydrogen-bond acceptors (Lipinski definition) is 5. The third-order valence-corrected chi connectivity index (χ3v) is 8.36. The lowest BCUT2D eigenvalue weighted by Crippen LogP contribution is -2.54. The highest BCUT2D eigenvalue weighted by Gasteiger charge is 2.46. The Morgan fingerprint density at radius 2 is 2.04 bits per heavy atom. The second-order valence-corrected chi connectivity index (χ2v) is 10.0. The van der Waals surface area contributed by atoms with Crippen molar-refractivity contribution in [3.8, 4) is 11.1 Å². The number of carbonyl (C=O) groups is 1. The van der Waals surface area contributed by atoms with Gasteiger partial charge in [0.25, 0.3) is 0 Å². The number of nitrogens with two attached hydrogens (primary N) is 2. The molecule has 25 heavy (non-hydrogen) atoms. The van der Waals surface area contributed by atoms with Crippen LogP contribution in [0.25, 0.3) is 11.1 Å². The van der Waals surface area contributed by atoms with E-state index in [-0.39, 0.29) is 21.5 Å². The van der Waals surface area contributed by atoms with Crippen LogP contribution in [0.2, 0.25) is 0 Å². The van der Waals surface area contributed by atoms with Crippen molar-refractivity contribution in [2.45, 2.75) is 16.4 Å². The summed E-state index contributed by atoms with van der Waals surface area (Å²) in [5, 5.41) is 0. The third-order valence-electron chi connectivity index (χ3n) is 4.22. The number of carbonyl (C=O) groups excluding carboxylic acids is 1. The van der Waals surface area contributed by atoms with Crippen molar-refractivity contribution in [1.82, 2.24) is 4.90 Å². The van der Waals surface area contributed by atoms with Gasteiger partial charge in [0.05, 0.1) is 8.57 Å². The lowest BCUT2D eigenvalue weighted by molar-refractivity contribution is -0.127. The Kier molecular flexibility index (Phi) is 5.01. The molecule has 1 unspecified atom stereocenters. The van der Waals surface area contributed by atoms with Crippen molar-refractivity contribution < 1.29 is 9.18 Å². The first-order valence-electron chi connectivity index (χ1n) is 7.27. The molecule has 0 spiro atoms. The summed E-state index contributed by atoms with van der Waals surface area (Å²) < 4.78 is 14.1. The Hall–Kier alpha value is -0.950. The fourth-order valence-corrected chi connectivity index (χ4v) is 5.91. The number of nitrogen functional groups attached to an aromatic ring is 1. The van der Waals surface area contributed by atoms with E-state index in [2.05, 4.69) is 50.2 Å². The lowest BCUT2D eigenvalue weighted by Gasteiger charge is -2.36. The van der Waals surface area contributed by atoms with Gasteiger partial charge in [-0.25, -0.2) is 9.38 Å². The summed E-state index contributed by atoms with van der Waals surface area (Å²) in [6, 6.07) is 6.65. The third kappa shape index (κ3) is 3.14. The maximum atomic E-state index is 13.4. The van der Waals surface area contributed by atoms with E-state index < -0.39 is 11.4 Å². The zero-order chi connectivity index (χ0) is 18.5. The maximum absolute atomic E-state index is 13.4. The molecule has 132 valence electrons. The zero-order valence-corrected chi connectivity index (χ0v) is 18.5. The topological polar surface area (TPSA) is 84.7 Å². The van der Waals surface area contributed by atoms with Crippen molar-refractivity contribution >= 4 is 74.1 Å². The van der Waals surface area contributed by atoms with Crippen molar-refractivity contribution in [3.05, 3.63) is 37.8 Å². The van der Waals surface area contributed by atoms with Crippen LogP contribution in [0.4, 0.5) is 10.1 Å². The van der Waals surface area contributed by atoms with Gasteiger partial charge in [0, 0.05) is 17.5 Å². The zero-order valence-electron chi connectivity index (χ0n) is 13.4. The second kappa shape index (κ2) is 6.65. The minimum Gasteiger partial charge on any atom is -0.396 e. The number of aliphatic imine (C=N–C) groups is 1. The van der Waals surface area contributed by atoms with E-state index >= 15 is 0 Å². The van der Waals surface area contributed by atoms with E-state index in [1.165, 1.54) is 11.0 Å². The molecule has 0 saturated heterocycles. The van der Waals surface area contributed by atoms with Crippen LogP contribution in [0.3, 0.4) is 0 Å². The maximum Gasteiger partial charge on any atom is 0.244 e. The van der Waals surface area contributed by atoms with E-state index in [1.807, 2.05) is 13.0 Å². The van der Waals surface area contributed by atoms with Gasteiger partial charge < -0.3 is 11.5 Å². The Morgan fingerprint density at radius 3 is 2.68 bits per heavy atom. The van der Waals surface area contributed by atoms with Crippen molar-refractivity contribution in [3.63, 3.8) is 0 Å². The summed E-state index contributed by atoms with van der Waals surface area (Å²) in [7, 11) is 1.62. The molecule has 0 bridgehead atoms. The number of halogens is 3. The molecule has 2 heterocycles. The molecular weight excluding hydrogens is 569 g/mol. The first kappa shape index (κ1) is 18.8.